The first kappa shape index (κ1) is 10.0. The van der Waals surface area contributed by atoms with Gasteiger partial charge in [0.1, 0.15) is 0 Å². The molecule has 0 aromatic heterocycles. The minimum atomic E-state index is 0.491. The van der Waals surface area contributed by atoms with Crippen molar-refractivity contribution in [3.63, 3.8) is 0 Å². The SMILES string of the molecule is C=C(CC)C(C)c1ccc(C)cc1. The fourth-order valence-corrected chi connectivity index (χ4v) is 1.40. The molecule has 70 valence electrons. The summed E-state index contributed by atoms with van der Waals surface area (Å²) in [4.78, 5) is 0. The Kier molecular flexibility index (Phi) is 3.30. The van der Waals surface area contributed by atoms with Crippen molar-refractivity contribution >= 4 is 0 Å². The van der Waals surface area contributed by atoms with Gasteiger partial charge in [-0.1, -0.05) is 55.8 Å². The van der Waals surface area contributed by atoms with Crippen molar-refractivity contribution < 1.29 is 0 Å². The third-order valence-electron chi connectivity index (χ3n) is 2.64. The van der Waals surface area contributed by atoms with Crippen molar-refractivity contribution in [1.29, 1.82) is 0 Å². The molecule has 0 aliphatic rings. The highest BCUT2D eigenvalue weighted by Gasteiger charge is 2.06. The maximum Gasteiger partial charge on any atom is 0.00170 e. The predicted octanol–water partition coefficient (Wildman–Crippen LogP) is 4.06. The van der Waals surface area contributed by atoms with Crippen LogP contribution in [0.1, 0.15) is 37.3 Å². The van der Waals surface area contributed by atoms with Crippen LogP contribution in [0.25, 0.3) is 0 Å². The van der Waals surface area contributed by atoms with Crippen molar-refractivity contribution in [2.24, 2.45) is 0 Å². The van der Waals surface area contributed by atoms with Gasteiger partial charge in [0.05, 0.1) is 0 Å². The molecule has 0 amide bonds. The van der Waals surface area contributed by atoms with Crippen LogP contribution in [-0.4, -0.2) is 0 Å². The molecule has 0 aliphatic heterocycles. The Morgan fingerprint density at radius 3 is 2.31 bits per heavy atom. The molecule has 0 heteroatoms. The number of rotatable bonds is 3. The van der Waals surface area contributed by atoms with E-state index in [1.165, 1.54) is 16.7 Å². The molecule has 1 atom stereocenters. The summed E-state index contributed by atoms with van der Waals surface area (Å²) in [7, 11) is 0. The zero-order valence-electron chi connectivity index (χ0n) is 8.80. The van der Waals surface area contributed by atoms with Gasteiger partial charge in [-0.05, 0) is 18.9 Å². The van der Waals surface area contributed by atoms with Gasteiger partial charge in [-0.15, -0.1) is 0 Å². The summed E-state index contributed by atoms with van der Waals surface area (Å²) in [6.07, 6.45) is 1.06. The quantitative estimate of drug-likeness (QED) is 0.606. The van der Waals surface area contributed by atoms with Gasteiger partial charge >= 0.3 is 0 Å². The van der Waals surface area contributed by atoms with E-state index in [2.05, 4.69) is 51.6 Å². The first-order valence-corrected chi connectivity index (χ1v) is 4.89. The highest BCUT2D eigenvalue weighted by atomic mass is 14.1. The lowest BCUT2D eigenvalue weighted by Crippen LogP contribution is -1.95. The van der Waals surface area contributed by atoms with E-state index in [1.807, 2.05) is 0 Å². The van der Waals surface area contributed by atoms with Gasteiger partial charge in [-0.2, -0.15) is 0 Å². The standard InChI is InChI=1S/C13H18/c1-5-11(3)12(4)13-8-6-10(2)7-9-13/h6-9,12H,3,5H2,1-2,4H3. The van der Waals surface area contributed by atoms with Crippen LogP contribution in [0.5, 0.6) is 0 Å². The van der Waals surface area contributed by atoms with Crippen LogP contribution in [0.2, 0.25) is 0 Å². The Morgan fingerprint density at radius 1 is 1.31 bits per heavy atom. The van der Waals surface area contributed by atoms with Crippen LogP contribution in [0, 0.1) is 6.92 Å². The van der Waals surface area contributed by atoms with Crippen LogP contribution < -0.4 is 0 Å². The van der Waals surface area contributed by atoms with E-state index in [9.17, 15) is 0 Å². The Hall–Kier alpha value is -1.04. The number of benzene rings is 1. The van der Waals surface area contributed by atoms with Gasteiger partial charge in [0, 0.05) is 5.92 Å². The summed E-state index contributed by atoms with van der Waals surface area (Å²) >= 11 is 0. The molecular formula is C13H18. The number of hydrogen-bond donors (Lipinski definition) is 0. The van der Waals surface area contributed by atoms with Crippen LogP contribution in [0.4, 0.5) is 0 Å². The van der Waals surface area contributed by atoms with Gasteiger partial charge < -0.3 is 0 Å². The van der Waals surface area contributed by atoms with E-state index >= 15 is 0 Å². The topological polar surface area (TPSA) is 0 Å². The molecule has 0 nitrogen and oxygen atoms in total. The van der Waals surface area contributed by atoms with Crippen LogP contribution in [0.3, 0.4) is 0 Å². The molecule has 0 aliphatic carbocycles. The summed E-state index contributed by atoms with van der Waals surface area (Å²) in [5.41, 5.74) is 4.00. The fourth-order valence-electron chi connectivity index (χ4n) is 1.40. The molecule has 0 bridgehead atoms. The number of hydrogen-bond acceptors (Lipinski definition) is 0. The van der Waals surface area contributed by atoms with E-state index in [0.717, 1.165) is 6.42 Å². The maximum atomic E-state index is 4.07. The van der Waals surface area contributed by atoms with E-state index in [0.29, 0.717) is 5.92 Å². The first-order valence-electron chi connectivity index (χ1n) is 4.89. The Balaban J connectivity index is 2.83. The van der Waals surface area contributed by atoms with E-state index in [4.69, 9.17) is 0 Å². The molecule has 0 saturated heterocycles. The third-order valence-corrected chi connectivity index (χ3v) is 2.64. The molecule has 0 heterocycles. The fraction of sp³-hybridized carbons (Fsp3) is 0.385. The second-order valence-corrected chi connectivity index (χ2v) is 3.64. The third kappa shape index (κ3) is 2.45. The van der Waals surface area contributed by atoms with E-state index in [-0.39, 0.29) is 0 Å². The Labute approximate surface area is 81.3 Å². The predicted molar refractivity (Wildman–Crippen MR) is 59.0 cm³/mol. The van der Waals surface area contributed by atoms with E-state index < -0.39 is 0 Å². The van der Waals surface area contributed by atoms with Crippen molar-refractivity contribution in [2.45, 2.75) is 33.1 Å². The van der Waals surface area contributed by atoms with Gasteiger partial charge in [0.25, 0.3) is 0 Å². The first-order chi connectivity index (χ1) is 6.15. The summed E-state index contributed by atoms with van der Waals surface area (Å²) in [6.45, 7) is 10.6. The maximum absolute atomic E-state index is 4.07. The number of aryl methyl sites for hydroxylation is 1. The smallest absolute Gasteiger partial charge is 0.00170 e. The molecule has 0 saturated carbocycles. The average molecular weight is 174 g/mol. The van der Waals surface area contributed by atoms with Crippen molar-refractivity contribution in [3.8, 4) is 0 Å². The summed E-state index contributed by atoms with van der Waals surface area (Å²) < 4.78 is 0. The number of allylic oxidation sites excluding steroid dienone is 1. The van der Waals surface area contributed by atoms with E-state index in [1.54, 1.807) is 0 Å². The zero-order chi connectivity index (χ0) is 9.84. The summed E-state index contributed by atoms with van der Waals surface area (Å²) in [5, 5.41) is 0. The Bertz CT molecular complexity index is 279. The average Bonchev–Trinajstić information content (AvgIpc) is 2.17. The monoisotopic (exact) mass is 174 g/mol. The van der Waals surface area contributed by atoms with Crippen molar-refractivity contribution in [1.82, 2.24) is 0 Å². The van der Waals surface area contributed by atoms with Gasteiger partial charge in [-0.3, -0.25) is 0 Å². The second kappa shape index (κ2) is 4.27. The normalized spacial score (nSPS) is 12.5. The van der Waals surface area contributed by atoms with Crippen molar-refractivity contribution in [2.75, 3.05) is 0 Å². The van der Waals surface area contributed by atoms with Crippen LogP contribution in [-0.2, 0) is 0 Å². The van der Waals surface area contributed by atoms with Gasteiger partial charge in [-0.25, -0.2) is 0 Å². The molecule has 1 unspecified atom stereocenters. The molecule has 1 aromatic rings. The highest BCUT2D eigenvalue weighted by molar-refractivity contribution is 5.29. The highest BCUT2D eigenvalue weighted by Crippen LogP contribution is 2.24. The second-order valence-electron chi connectivity index (χ2n) is 3.64. The lowest BCUT2D eigenvalue weighted by atomic mass is 9.92. The minimum absolute atomic E-state index is 0.491. The minimum Gasteiger partial charge on any atom is -0.0993 e. The lowest BCUT2D eigenvalue weighted by Gasteiger charge is -2.13. The molecule has 0 N–H and O–H groups in total. The largest absolute Gasteiger partial charge is 0.0993 e. The molecule has 13 heavy (non-hydrogen) atoms. The molecule has 0 radical (unpaired) electrons. The Morgan fingerprint density at radius 2 is 1.85 bits per heavy atom. The van der Waals surface area contributed by atoms with Gasteiger partial charge in [0.2, 0.25) is 0 Å². The van der Waals surface area contributed by atoms with Crippen LogP contribution >= 0.6 is 0 Å². The summed E-state index contributed by atoms with van der Waals surface area (Å²) in [5.74, 6) is 0.491. The summed E-state index contributed by atoms with van der Waals surface area (Å²) in [6, 6.07) is 8.71. The molecule has 1 aromatic carbocycles. The van der Waals surface area contributed by atoms with Crippen LogP contribution in [0.15, 0.2) is 36.4 Å². The molecular weight excluding hydrogens is 156 g/mol. The van der Waals surface area contributed by atoms with Crippen molar-refractivity contribution in [3.05, 3.63) is 47.5 Å². The molecule has 0 fully saturated rings. The molecule has 0 spiro atoms. The lowest BCUT2D eigenvalue weighted by molar-refractivity contribution is 0.843. The van der Waals surface area contributed by atoms with Gasteiger partial charge in [0.15, 0.2) is 0 Å². The zero-order valence-corrected chi connectivity index (χ0v) is 8.80. The molecule has 1 rings (SSSR count).